The molecule has 0 aliphatic rings. The van der Waals surface area contributed by atoms with Gasteiger partial charge in [-0.25, -0.2) is 4.39 Å². The van der Waals surface area contributed by atoms with Crippen LogP contribution >= 0.6 is 20.0 Å². The first-order chi connectivity index (χ1) is 8.92. The van der Waals surface area contributed by atoms with E-state index in [-0.39, 0.29) is 4.90 Å². The van der Waals surface area contributed by atoms with Crippen LogP contribution in [-0.2, 0) is 28.2 Å². The van der Waals surface area contributed by atoms with Crippen molar-refractivity contribution in [3.63, 3.8) is 0 Å². The lowest BCUT2D eigenvalue weighted by Crippen LogP contribution is -2.09. The van der Waals surface area contributed by atoms with Crippen LogP contribution in [0.5, 0.6) is 0 Å². The molecule has 0 saturated carbocycles. The fourth-order valence-corrected chi connectivity index (χ4v) is 3.68. The maximum absolute atomic E-state index is 13.6. The first kappa shape index (κ1) is 16.6. The van der Waals surface area contributed by atoms with E-state index in [1.807, 2.05) is 0 Å². The molecule has 0 radical (unpaired) electrons. The zero-order valence-electron chi connectivity index (χ0n) is 10.1. The fraction of sp³-hybridized carbons (Fsp3) is 0.333. The van der Waals surface area contributed by atoms with Crippen LogP contribution in [0, 0.1) is 5.82 Å². The van der Waals surface area contributed by atoms with Crippen molar-refractivity contribution >= 4 is 30.1 Å². The van der Waals surface area contributed by atoms with Gasteiger partial charge in [-0.05, 0) is 17.9 Å². The number of halogens is 1. The molecule has 0 heterocycles. The monoisotopic (exact) mass is 330 g/mol. The number of hydrogen-bond donors (Lipinski definition) is 0. The minimum atomic E-state index is -4.52. The Bertz CT molecular complexity index is 562. The molecule has 6 nitrogen and oxygen atoms in total. The molecule has 0 fully saturated rings. The summed E-state index contributed by atoms with van der Waals surface area (Å²) < 4.78 is 60.4. The zero-order chi connectivity index (χ0) is 14.5. The second-order valence-corrected chi connectivity index (χ2v) is 6.89. The molecule has 10 heteroatoms. The van der Waals surface area contributed by atoms with Crippen LogP contribution in [-0.4, -0.2) is 21.3 Å². The molecule has 0 saturated heterocycles. The third-order valence-electron chi connectivity index (χ3n) is 1.84. The van der Waals surface area contributed by atoms with E-state index in [4.69, 9.17) is 0 Å². The van der Waals surface area contributed by atoms with Crippen LogP contribution in [0.15, 0.2) is 28.0 Å². The smallest absolute Gasteiger partial charge is 0.312 e. The van der Waals surface area contributed by atoms with Gasteiger partial charge in [0.1, 0.15) is 10.7 Å². The van der Waals surface area contributed by atoms with Gasteiger partial charge in [-0.1, -0.05) is 17.3 Å². The highest BCUT2D eigenvalue weighted by atomic mass is 32.2. The third kappa shape index (κ3) is 4.55. The molecule has 0 aromatic heterocycles. The molecule has 108 valence electrons. The highest BCUT2D eigenvalue weighted by Crippen LogP contribution is 2.32. The van der Waals surface area contributed by atoms with E-state index in [1.54, 1.807) is 6.92 Å². The molecule has 0 aliphatic carbocycles. The summed E-state index contributed by atoms with van der Waals surface area (Å²) in [5.41, 5.74) is 0. The second kappa shape index (κ2) is 7.37. The maximum atomic E-state index is 13.6. The van der Waals surface area contributed by atoms with Crippen LogP contribution in [0.2, 0.25) is 0 Å². The molecule has 19 heavy (non-hydrogen) atoms. The van der Waals surface area contributed by atoms with E-state index in [9.17, 15) is 17.4 Å². The Morgan fingerprint density at radius 2 is 2.11 bits per heavy atom. The topological polar surface area (TPSA) is 78.9 Å². The molecule has 1 atom stereocenters. The lowest BCUT2D eigenvalue weighted by atomic mass is 10.3. The van der Waals surface area contributed by atoms with E-state index < -0.39 is 29.1 Å². The van der Waals surface area contributed by atoms with Crippen LogP contribution in [0.3, 0.4) is 0 Å². The molecule has 0 aliphatic heterocycles. The van der Waals surface area contributed by atoms with Crippen molar-refractivity contribution in [1.29, 1.82) is 0 Å². The van der Waals surface area contributed by atoms with Crippen molar-refractivity contribution in [3.05, 3.63) is 24.0 Å². The molecule has 0 amide bonds. The summed E-state index contributed by atoms with van der Waals surface area (Å²) in [4.78, 5) is -0.462. The molecule has 1 aromatic rings. The van der Waals surface area contributed by atoms with Crippen molar-refractivity contribution < 1.29 is 30.9 Å². The first-order valence-corrected chi connectivity index (χ1v) is 8.64. The van der Waals surface area contributed by atoms with Crippen LogP contribution in [0.25, 0.3) is 0 Å². The summed E-state index contributed by atoms with van der Waals surface area (Å²) in [6, 6.07) is 3.80. The Kier molecular flexibility index (Phi) is 6.45. The predicted molar refractivity (Wildman–Crippen MR) is 68.2 cm³/mol. The Hall–Kier alpha value is -0.440. The van der Waals surface area contributed by atoms with Gasteiger partial charge in [-0.3, -0.25) is 4.57 Å². The van der Waals surface area contributed by atoms with Gasteiger partial charge in [0, 0.05) is 12.0 Å². The summed E-state index contributed by atoms with van der Waals surface area (Å²) in [5, 5.41) is 0. The Morgan fingerprint density at radius 3 is 2.68 bits per heavy atom. The summed E-state index contributed by atoms with van der Waals surface area (Å²) in [6.45, 7) is 1.78. The molecule has 1 unspecified atom stereocenters. The van der Waals surface area contributed by atoms with Gasteiger partial charge in [-0.2, -0.15) is 8.42 Å². The van der Waals surface area contributed by atoms with Gasteiger partial charge in [0.2, 0.25) is 0 Å². The predicted octanol–water partition coefficient (Wildman–Crippen LogP) is 2.61. The van der Waals surface area contributed by atoms with Crippen molar-refractivity contribution in [2.45, 2.75) is 16.7 Å². The quantitative estimate of drug-likeness (QED) is 0.329. The van der Waals surface area contributed by atoms with Crippen molar-refractivity contribution in [1.82, 2.24) is 0 Å². The molecular formula is C9H12FO6PS2. The molecule has 1 aromatic carbocycles. The van der Waals surface area contributed by atoms with E-state index in [1.165, 1.54) is 12.1 Å². The number of hydrogen-bond acceptors (Lipinski definition) is 7. The first-order valence-electron chi connectivity index (χ1n) is 5.02. The van der Waals surface area contributed by atoms with Gasteiger partial charge in [0.15, 0.2) is 0 Å². The fourth-order valence-electron chi connectivity index (χ4n) is 1.14. The second-order valence-electron chi connectivity index (χ2n) is 3.06. The summed E-state index contributed by atoms with van der Waals surface area (Å²) in [6.07, 6.45) is 0. The Morgan fingerprint density at radius 1 is 1.42 bits per heavy atom. The molecular weight excluding hydrogens is 318 g/mol. The summed E-state index contributed by atoms with van der Waals surface area (Å²) >= 11 is 1.13. The van der Waals surface area contributed by atoms with Gasteiger partial charge >= 0.3 is 18.4 Å². The lowest BCUT2D eigenvalue weighted by molar-refractivity contribution is -0.0965. The van der Waals surface area contributed by atoms with Gasteiger partial charge in [0.05, 0.1) is 0 Å². The van der Waals surface area contributed by atoms with E-state index in [0.29, 0.717) is 5.75 Å². The SMILES string of the molecule is CCSc1cccc(F)c1S(=O)(=O)OO[PH](=O)OC. The zero-order valence-corrected chi connectivity index (χ0v) is 12.7. The molecule has 0 N–H and O–H groups in total. The Balaban J connectivity index is 3.09. The van der Waals surface area contributed by atoms with Gasteiger partial charge < -0.3 is 4.52 Å². The maximum Gasteiger partial charge on any atom is 0.348 e. The lowest BCUT2D eigenvalue weighted by Gasteiger charge is -2.09. The van der Waals surface area contributed by atoms with E-state index >= 15 is 0 Å². The molecule has 0 spiro atoms. The standard InChI is InChI=1S/C9H12FO6PS2/c1-3-18-8-6-4-5-7(10)9(8)19(12,13)16-15-17(11)14-2/h4-6,17H,3H2,1-2H3. The number of thioether (sulfide) groups is 1. The minimum Gasteiger partial charge on any atom is -0.312 e. The van der Waals surface area contributed by atoms with Crippen molar-refractivity contribution in [3.8, 4) is 0 Å². The highest BCUT2D eigenvalue weighted by molar-refractivity contribution is 8.00. The van der Waals surface area contributed by atoms with Crippen molar-refractivity contribution in [2.24, 2.45) is 0 Å². The third-order valence-corrected chi connectivity index (χ3v) is 4.74. The van der Waals surface area contributed by atoms with Crippen molar-refractivity contribution in [2.75, 3.05) is 12.9 Å². The van der Waals surface area contributed by atoms with Crippen LogP contribution < -0.4 is 0 Å². The van der Waals surface area contributed by atoms with Gasteiger partial charge in [0.25, 0.3) is 0 Å². The minimum absolute atomic E-state index is 0.184. The van der Waals surface area contributed by atoms with Crippen LogP contribution in [0.4, 0.5) is 4.39 Å². The van der Waals surface area contributed by atoms with Crippen LogP contribution in [0.1, 0.15) is 6.92 Å². The Labute approximate surface area is 115 Å². The normalized spacial score (nSPS) is 13.4. The number of benzene rings is 1. The molecule has 1 rings (SSSR count). The molecule has 0 bridgehead atoms. The summed E-state index contributed by atoms with van der Waals surface area (Å²) in [5.74, 6) is -0.430. The van der Waals surface area contributed by atoms with Gasteiger partial charge in [-0.15, -0.1) is 16.4 Å². The van der Waals surface area contributed by atoms with E-state index in [0.717, 1.165) is 24.9 Å². The highest BCUT2D eigenvalue weighted by Gasteiger charge is 2.26. The van der Waals surface area contributed by atoms with E-state index in [2.05, 4.69) is 13.5 Å². The average Bonchev–Trinajstić information content (AvgIpc) is 2.36. The largest absolute Gasteiger partial charge is 0.348 e. The summed E-state index contributed by atoms with van der Waals surface area (Å²) in [7, 11) is -6.55. The average molecular weight is 330 g/mol. The number of rotatable bonds is 7.